The third-order valence-electron chi connectivity index (χ3n) is 5.81. The minimum atomic E-state index is -0.831. The largest absolute Gasteiger partial charge is 0.459 e. The molecule has 41 heavy (non-hydrogen) atoms. The Hall–Kier alpha value is -3.83. The number of piperazine rings is 1. The Morgan fingerprint density at radius 2 is 1.54 bits per heavy atom. The number of rotatable bonds is 11. The summed E-state index contributed by atoms with van der Waals surface area (Å²) in [6, 6.07) is 8.30. The van der Waals surface area contributed by atoms with E-state index < -0.39 is 41.3 Å². The van der Waals surface area contributed by atoms with E-state index in [0.29, 0.717) is 25.8 Å². The summed E-state index contributed by atoms with van der Waals surface area (Å²) >= 11 is 0. The van der Waals surface area contributed by atoms with Crippen LogP contribution in [0, 0.1) is 0 Å². The molecule has 2 N–H and O–H groups in total. The number of carbonyl (C=O) groups excluding carboxylic acids is 5. The standard InChI is InChI=1S/C29H44N4O8/c1-28(2,3)40-24(35)19-32-16-17-33(23(34)18-31-26(37)39-20-21-12-8-7-9-13-21)22(25(32)36)14-10-11-15-30-27(38)41-29(4,5)6/h7-9,12-13,22H,10-11,14-20H2,1-6H3,(H,30,38)(H,31,37). The topological polar surface area (TPSA) is 144 Å². The van der Waals surface area contributed by atoms with Crippen LogP contribution in [0.3, 0.4) is 0 Å². The van der Waals surface area contributed by atoms with Crippen LogP contribution in [-0.2, 0) is 35.2 Å². The third-order valence-corrected chi connectivity index (χ3v) is 5.81. The van der Waals surface area contributed by atoms with Crippen LogP contribution in [0.4, 0.5) is 9.59 Å². The highest BCUT2D eigenvalue weighted by molar-refractivity contribution is 5.92. The van der Waals surface area contributed by atoms with Crippen LogP contribution in [0.25, 0.3) is 0 Å². The Balaban J connectivity index is 1.95. The quantitative estimate of drug-likeness (QED) is 0.233. The van der Waals surface area contributed by atoms with Crippen LogP contribution >= 0.6 is 0 Å². The van der Waals surface area contributed by atoms with Crippen molar-refractivity contribution in [1.82, 2.24) is 20.4 Å². The fourth-order valence-corrected chi connectivity index (χ4v) is 4.09. The van der Waals surface area contributed by atoms with Crippen molar-refractivity contribution in [2.45, 2.75) is 84.7 Å². The highest BCUT2D eigenvalue weighted by Gasteiger charge is 2.38. The number of unbranched alkanes of at least 4 members (excludes halogenated alkanes) is 1. The van der Waals surface area contributed by atoms with Gasteiger partial charge in [-0.05, 0) is 66.4 Å². The van der Waals surface area contributed by atoms with Crippen LogP contribution in [-0.4, -0.2) is 89.7 Å². The lowest BCUT2D eigenvalue weighted by atomic mass is 10.0. The van der Waals surface area contributed by atoms with E-state index in [4.69, 9.17) is 14.2 Å². The van der Waals surface area contributed by atoms with Gasteiger partial charge >= 0.3 is 18.2 Å². The van der Waals surface area contributed by atoms with Crippen LogP contribution < -0.4 is 10.6 Å². The molecule has 228 valence electrons. The number of carbonyl (C=O) groups is 5. The first kappa shape index (κ1) is 33.4. The van der Waals surface area contributed by atoms with E-state index in [1.54, 1.807) is 41.5 Å². The lowest BCUT2D eigenvalue weighted by Gasteiger charge is -2.40. The fourth-order valence-electron chi connectivity index (χ4n) is 4.09. The summed E-state index contributed by atoms with van der Waals surface area (Å²) in [6.45, 7) is 10.7. The molecule has 12 heteroatoms. The van der Waals surface area contributed by atoms with Crippen LogP contribution in [0.5, 0.6) is 0 Å². The van der Waals surface area contributed by atoms with Crippen molar-refractivity contribution in [3.05, 3.63) is 35.9 Å². The number of esters is 1. The van der Waals surface area contributed by atoms with Gasteiger partial charge in [-0.25, -0.2) is 9.59 Å². The molecule has 12 nitrogen and oxygen atoms in total. The Morgan fingerprint density at radius 3 is 2.17 bits per heavy atom. The predicted octanol–water partition coefficient (Wildman–Crippen LogP) is 2.99. The number of amides is 4. The lowest BCUT2D eigenvalue weighted by molar-refractivity contribution is -0.163. The summed E-state index contributed by atoms with van der Waals surface area (Å²) in [7, 11) is 0. The monoisotopic (exact) mass is 576 g/mol. The van der Waals surface area contributed by atoms with Crippen molar-refractivity contribution in [3.63, 3.8) is 0 Å². The first-order valence-corrected chi connectivity index (χ1v) is 13.9. The number of hydrogen-bond donors (Lipinski definition) is 2. The summed E-state index contributed by atoms with van der Waals surface area (Å²) in [6.07, 6.45) is 0.0899. The number of hydrogen-bond acceptors (Lipinski definition) is 8. The second-order valence-electron chi connectivity index (χ2n) is 11.8. The minimum absolute atomic E-state index is 0.0582. The average molecular weight is 577 g/mol. The van der Waals surface area contributed by atoms with Crippen molar-refractivity contribution in [3.8, 4) is 0 Å². The molecule has 0 bridgehead atoms. The highest BCUT2D eigenvalue weighted by atomic mass is 16.6. The van der Waals surface area contributed by atoms with Gasteiger partial charge in [0.15, 0.2) is 0 Å². The van der Waals surface area contributed by atoms with E-state index in [2.05, 4.69) is 10.6 Å². The van der Waals surface area contributed by atoms with E-state index in [1.807, 2.05) is 30.3 Å². The molecule has 0 saturated carbocycles. The maximum absolute atomic E-state index is 13.4. The zero-order chi connectivity index (χ0) is 30.6. The van der Waals surface area contributed by atoms with Gasteiger partial charge in [-0.15, -0.1) is 0 Å². The Bertz CT molecular complexity index is 1050. The molecule has 0 aromatic heterocycles. The Labute approximate surface area is 242 Å². The highest BCUT2D eigenvalue weighted by Crippen LogP contribution is 2.18. The number of nitrogens with zero attached hydrogens (tertiary/aromatic N) is 2. The van der Waals surface area contributed by atoms with Gasteiger partial charge in [0.1, 0.15) is 36.9 Å². The second kappa shape index (κ2) is 15.2. The molecule has 4 amide bonds. The van der Waals surface area contributed by atoms with Crippen LogP contribution in [0.15, 0.2) is 30.3 Å². The zero-order valence-corrected chi connectivity index (χ0v) is 25.0. The van der Waals surface area contributed by atoms with Gasteiger partial charge in [0.05, 0.1) is 0 Å². The van der Waals surface area contributed by atoms with Crippen molar-refractivity contribution in [2.75, 3.05) is 32.7 Å². The molecule has 1 unspecified atom stereocenters. The average Bonchev–Trinajstić information content (AvgIpc) is 2.86. The number of nitrogens with one attached hydrogen (secondary N) is 2. The van der Waals surface area contributed by atoms with Gasteiger partial charge in [-0.3, -0.25) is 14.4 Å². The van der Waals surface area contributed by atoms with Gasteiger partial charge in [-0.1, -0.05) is 30.3 Å². The molecular formula is C29H44N4O8. The first-order valence-electron chi connectivity index (χ1n) is 13.9. The molecule has 1 aliphatic heterocycles. The summed E-state index contributed by atoms with van der Waals surface area (Å²) in [5.41, 5.74) is -0.500. The molecule has 1 aromatic rings. The lowest BCUT2D eigenvalue weighted by Crippen LogP contribution is -2.61. The summed E-state index contributed by atoms with van der Waals surface area (Å²) in [5.74, 6) is -1.35. The van der Waals surface area contributed by atoms with E-state index in [9.17, 15) is 24.0 Å². The fraction of sp³-hybridized carbons (Fsp3) is 0.621. The number of alkyl carbamates (subject to hydrolysis) is 2. The van der Waals surface area contributed by atoms with Crippen LogP contribution in [0.2, 0.25) is 0 Å². The summed E-state index contributed by atoms with van der Waals surface area (Å²) < 4.78 is 15.7. The molecule has 1 heterocycles. The van der Waals surface area contributed by atoms with Crippen molar-refractivity contribution in [2.24, 2.45) is 0 Å². The molecular weight excluding hydrogens is 532 g/mol. The molecule has 0 aliphatic carbocycles. The van der Waals surface area contributed by atoms with E-state index >= 15 is 0 Å². The molecule has 1 aromatic carbocycles. The third kappa shape index (κ3) is 12.9. The van der Waals surface area contributed by atoms with E-state index in [0.717, 1.165) is 5.56 Å². The second-order valence-corrected chi connectivity index (χ2v) is 11.8. The predicted molar refractivity (Wildman–Crippen MR) is 151 cm³/mol. The van der Waals surface area contributed by atoms with Gasteiger partial charge in [-0.2, -0.15) is 0 Å². The molecule has 0 radical (unpaired) electrons. The number of benzene rings is 1. The molecule has 2 rings (SSSR count). The smallest absolute Gasteiger partial charge is 0.407 e. The maximum atomic E-state index is 13.4. The normalized spacial score (nSPS) is 15.7. The molecule has 0 spiro atoms. The maximum Gasteiger partial charge on any atom is 0.407 e. The minimum Gasteiger partial charge on any atom is -0.459 e. The summed E-state index contributed by atoms with van der Waals surface area (Å²) in [4.78, 5) is 65.7. The van der Waals surface area contributed by atoms with Crippen molar-refractivity contribution < 1.29 is 38.2 Å². The van der Waals surface area contributed by atoms with Crippen molar-refractivity contribution >= 4 is 30.0 Å². The Morgan fingerprint density at radius 1 is 0.878 bits per heavy atom. The molecule has 1 fully saturated rings. The van der Waals surface area contributed by atoms with Gasteiger partial charge < -0.3 is 34.6 Å². The molecule has 1 saturated heterocycles. The number of ether oxygens (including phenoxy) is 3. The molecule has 1 atom stereocenters. The zero-order valence-electron chi connectivity index (χ0n) is 25.0. The Kier molecular flexibility index (Phi) is 12.4. The van der Waals surface area contributed by atoms with Gasteiger partial charge in [0, 0.05) is 19.6 Å². The SMILES string of the molecule is CC(C)(C)OC(=O)CN1CCN(C(=O)CNC(=O)OCc2ccccc2)C(CCCCNC(=O)OC(C)(C)C)C1=O. The van der Waals surface area contributed by atoms with Crippen LogP contribution in [0.1, 0.15) is 66.4 Å². The van der Waals surface area contributed by atoms with E-state index in [1.165, 1.54) is 9.80 Å². The summed E-state index contributed by atoms with van der Waals surface area (Å²) in [5, 5.41) is 5.12. The molecule has 1 aliphatic rings. The van der Waals surface area contributed by atoms with Crippen molar-refractivity contribution in [1.29, 1.82) is 0 Å². The van der Waals surface area contributed by atoms with Gasteiger partial charge in [0.2, 0.25) is 11.8 Å². The van der Waals surface area contributed by atoms with E-state index in [-0.39, 0.29) is 38.7 Å². The first-order chi connectivity index (χ1) is 19.1. The van der Waals surface area contributed by atoms with Gasteiger partial charge in [0.25, 0.3) is 0 Å².